The molecule has 2 aliphatic heterocycles. The lowest BCUT2D eigenvalue weighted by molar-refractivity contribution is 0.212. The van der Waals surface area contributed by atoms with Gasteiger partial charge in [0.15, 0.2) is 11.6 Å². The molecule has 0 unspecified atom stereocenters. The minimum absolute atomic E-state index is 0.126. The fourth-order valence-corrected chi connectivity index (χ4v) is 3.84. The van der Waals surface area contributed by atoms with Crippen LogP contribution >= 0.6 is 0 Å². The van der Waals surface area contributed by atoms with Gasteiger partial charge in [0, 0.05) is 50.3 Å². The summed E-state index contributed by atoms with van der Waals surface area (Å²) in [6.07, 6.45) is 4.73. The van der Waals surface area contributed by atoms with Gasteiger partial charge in [-0.15, -0.1) is 0 Å². The zero-order valence-electron chi connectivity index (χ0n) is 14.2. The highest BCUT2D eigenvalue weighted by atomic mass is 19.1. The molecule has 0 radical (unpaired) electrons. The molecular weight excluding hydrogens is 309 g/mol. The van der Waals surface area contributed by atoms with Gasteiger partial charge in [0.1, 0.15) is 0 Å². The molecule has 4 rings (SSSR count). The Bertz CT molecular complexity index is 758. The molecule has 2 aliphatic rings. The van der Waals surface area contributed by atoms with Crippen LogP contribution in [-0.4, -0.2) is 45.9 Å². The molecule has 0 spiro atoms. The fourth-order valence-electron chi connectivity index (χ4n) is 3.84. The van der Waals surface area contributed by atoms with Gasteiger partial charge in [0.25, 0.3) is 0 Å². The highest BCUT2D eigenvalue weighted by Crippen LogP contribution is 2.49. The lowest BCUT2D eigenvalue weighted by Gasteiger charge is -2.30. The summed E-state index contributed by atoms with van der Waals surface area (Å²) in [5.41, 5.74) is 1.03. The summed E-state index contributed by atoms with van der Waals surface area (Å²) in [6, 6.07) is 0. The van der Waals surface area contributed by atoms with Gasteiger partial charge in [-0.2, -0.15) is 10.1 Å². The van der Waals surface area contributed by atoms with E-state index < -0.39 is 0 Å². The molecule has 2 saturated heterocycles. The van der Waals surface area contributed by atoms with E-state index in [-0.39, 0.29) is 16.6 Å². The Hall–Kier alpha value is -2.22. The second-order valence-electron chi connectivity index (χ2n) is 7.47. The number of fused-ring (bicyclic) bond motifs is 1. The van der Waals surface area contributed by atoms with Gasteiger partial charge in [0.05, 0.1) is 18.1 Å². The lowest BCUT2D eigenvalue weighted by atomic mass is 9.71. The number of hydrogen-bond acceptors (Lipinski definition) is 6. The molecule has 0 aliphatic carbocycles. The van der Waals surface area contributed by atoms with Crippen molar-refractivity contribution in [1.82, 2.24) is 25.1 Å². The number of nitrogens with zero attached hydrogens (tertiary/aromatic N) is 5. The topological polar surface area (TPSA) is 70.9 Å². The molecule has 2 aromatic rings. The highest BCUT2D eigenvalue weighted by Gasteiger charge is 2.55. The minimum atomic E-state index is -0.383. The molecule has 7 nitrogen and oxygen atoms in total. The molecule has 2 fully saturated rings. The van der Waals surface area contributed by atoms with E-state index in [2.05, 4.69) is 39.5 Å². The molecule has 4 heterocycles. The number of aromatic nitrogens is 4. The third-order valence-electron chi connectivity index (χ3n) is 5.55. The Morgan fingerprint density at radius 3 is 2.54 bits per heavy atom. The molecule has 2 aromatic heterocycles. The van der Waals surface area contributed by atoms with Gasteiger partial charge >= 0.3 is 0 Å². The van der Waals surface area contributed by atoms with Gasteiger partial charge in [-0.05, 0) is 0 Å². The number of halogens is 1. The van der Waals surface area contributed by atoms with E-state index in [0.29, 0.717) is 11.8 Å². The van der Waals surface area contributed by atoms with Gasteiger partial charge in [0.2, 0.25) is 5.95 Å². The Morgan fingerprint density at radius 1 is 1.21 bits per heavy atom. The maximum Gasteiger partial charge on any atom is 0.229 e. The predicted molar refractivity (Wildman–Crippen MR) is 89.8 cm³/mol. The third kappa shape index (κ3) is 2.32. The Kier molecular flexibility index (Phi) is 3.28. The van der Waals surface area contributed by atoms with E-state index in [0.717, 1.165) is 31.9 Å². The fraction of sp³-hybridized carbons (Fsp3) is 0.562. The van der Waals surface area contributed by atoms with Gasteiger partial charge in [-0.3, -0.25) is 4.68 Å². The van der Waals surface area contributed by atoms with E-state index in [1.165, 1.54) is 6.20 Å². The van der Waals surface area contributed by atoms with Crippen LogP contribution in [0.5, 0.6) is 0 Å². The standard InChI is InChI=1S/C16H22FN7/c1-15-7-18-8-16(15,2)10-24(9-15)13-12(17)5-19-14(22-13)21-11-4-20-23(3)6-11/h4-6,18H,7-10H2,1-3H3,(H,19,21,22)/t15-,16+. The SMILES string of the molecule is Cn1cc(Nc2ncc(F)c(N3C[C@]4(C)CNC[C@]4(C)C3)n2)cn1. The third-order valence-corrected chi connectivity index (χ3v) is 5.55. The van der Waals surface area contributed by atoms with E-state index in [1.807, 2.05) is 18.1 Å². The number of nitrogens with one attached hydrogen (secondary N) is 2. The van der Waals surface area contributed by atoms with Crippen LogP contribution in [0.1, 0.15) is 13.8 Å². The van der Waals surface area contributed by atoms with Crippen LogP contribution in [0.25, 0.3) is 0 Å². The maximum atomic E-state index is 14.4. The molecule has 0 aromatic carbocycles. The summed E-state index contributed by atoms with van der Waals surface area (Å²) in [4.78, 5) is 10.5. The van der Waals surface area contributed by atoms with Crippen LogP contribution in [0, 0.1) is 16.6 Å². The maximum absolute atomic E-state index is 14.4. The molecule has 128 valence electrons. The first-order chi connectivity index (χ1) is 11.4. The summed E-state index contributed by atoms with van der Waals surface area (Å²) in [6.45, 7) is 8.01. The van der Waals surface area contributed by atoms with Crippen LogP contribution in [0.4, 0.5) is 21.8 Å². The smallest absolute Gasteiger partial charge is 0.229 e. The molecule has 8 heteroatoms. The first kappa shape index (κ1) is 15.3. The summed E-state index contributed by atoms with van der Waals surface area (Å²) >= 11 is 0. The second-order valence-corrected chi connectivity index (χ2v) is 7.47. The summed E-state index contributed by atoms with van der Waals surface area (Å²) < 4.78 is 16.0. The van der Waals surface area contributed by atoms with Gasteiger partial charge in [-0.1, -0.05) is 13.8 Å². The summed E-state index contributed by atoms with van der Waals surface area (Å²) in [5.74, 6) is 0.366. The van der Waals surface area contributed by atoms with Crippen molar-refractivity contribution < 1.29 is 4.39 Å². The van der Waals surface area contributed by atoms with Crippen LogP contribution in [0.3, 0.4) is 0 Å². The van der Waals surface area contributed by atoms with Crippen molar-refractivity contribution in [3.05, 3.63) is 24.4 Å². The minimum Gasteiger partial charge on any atom is -0.353 e. The largest absolute Gasteiger partial charge is 0.353 e. The second kappa shape index (κ2) is 5.14. The Labute approximate surface area is 140 Å². The monoisotopic (exact) mass is 331 g/mol. The molecule has 0 saturated carbocycles. The summed E-state index contributed by atoms with van der Waals surface area (Å²) in [5, 5.41) is 10.6. The lowest BCUT2D eigenvalue weighted by Crippen LogP contribution is -2.34. The van der Waals surface area contributed by atoms with Crippen LogP contribution in [-0.2, 0) is 7.05 Å². The van der Waals surface area contributed by atoms with Crippen molar-refractivity contribution in [1.29, 1.82) is 0 Å². The van der Waals surface area contributed by atoms with Crippen molar-refractivity contribution in [3.63, 3.8) is 0 Å². The zero-order valence-corrected chi connectivity index (χ0v) is 14.2. The first-order valence-corrected chi connectivity index (χ1v) is 8.13. The van der Waals surface area contributed by atoms with Crippen molar-refractivity contribution in [3.8, 4) is 0 Å². The normalized spacial score (nSPS) is 29.1. The van der Waals surface area contributed by atoms with Crippen LogP contribution < -0.4 is 15.5 Å². The molecule has 0 bridgehead atoms. The molecule has 0 amide bonds. The van der Waals surface area contributed by atoms with Crippen molar-refractivity contribution in [2.24, 2.45) is 17.9 Å². The van der Waals surface area contributed by atoms with E-state index in [4.69, 9.17) is 0 Å². The number of rotatable bonds is 3. The molecule has 2 N–H and O–H groups in total. The van der Waals surface area contributed by atoms with Crippen molar-refractivity contribution in [2.75, 3.05) is 36.4 Å². The molecular formula is C16H22FN7. The van der Waals surface area contributed by atoms with Gasteiger partial charge < -0.3 is 15.5 Å². The highest BCUT2D eigenvalue weighted by molar-refractivity contribution is 5.54. The first-order valence-electron chi connectivity index (χ1n) is 8.13. The van der Waals surface area contributed by atoms with E-state index in [9.17, 15) is 4.39 Å². The van der Waals surface area contributed by atoms with E-state index in [1.54, 1.807) is 10.9 Å². The van der Waals surface area contributed by atoms with E-state index >= 15 is 0 Å². The molecule has 2 atom stereocenters. The average molecular weight is 331 g/mol. The van der Waals surface area contributed by atoms with Crippen molar-refractivity contribution in [2.45, 2.75) is 13.8 Å². The predicted octanol–water partition coefficient (Wildman–Crippen LogP) is 1.53. The van der Waals surface area contributed by atoms with Crippen LogP contribution in [0.2, 0.25) is 0 Å². The Balaban J connectivity index is 1.61. The summed E-state index contributed by atoms with van der Waals surface area (Å²) in [7, 11) is 1.83. The average Bonchev–Trinajstić information content (AvgIpc) is 3.11. The Morgan fingerprint density at radius 2 is 1.92 bits per heavy atom. The van der Waals surface area contributed by atoms with Gasteiger partial charge in [-0.25, -0.2) is 9.37 Å². The zero-order chi connectivity index (χ0) is 16.9. The van der Waals surface area contributed by atoms with Crippen LogP contribution in [0.15, 0.2) is 18.6 Å². The number of hydrogen-bond donors (Lipinski definition) is 2. The quantitative estimate of drug-likeness (QED) is 0.889. The number of aryl methyl sites for hydroxylation is 1. The van der Waals surface area contributed by atoms with Crippen molar-refractivity contribution >= 4 is 17.5 Å². The molecule has 24 heavy (non-hydrogen) atoms. The number of anilines is 3.